The fraction of sp³-hybridized carbons (Fsp3) is 0.417. The van der Waals surface area contributed by atoms with E-state index in [9.17, 15) is 0 Å². The molecule has 3 nitrogen and oxygen atoms in total. The molecule has 0 fully saturated rings. The third-order valence-electron chi connectivity index (χ3n) is 2.53. The zero-order valence-corrected chi connectivity index (χ0v) is 9.36. The largest absolute Gasteiger partial charge is 0.162 e. The van der Waals surface area contributed by atoms with Crippen LogP contribution in [0.4, 0.5) is 0 Å². The van der Waals surface area contributed by atoms with Crippen LogP contribution < -0.4 is 0 Å². The molecule has 0 amide bonds. The summed E-state index contributed by atoms with van der Waals surface area (Å²) in [5.74, 6) is 0. The second kappa shape index (κ2) is 3.57. The molecule has 0 atom stereocenters. The Balaban J connectivity index is 2.25. The zero-order valence-electron chi connectivity index (χ0n) is 9.36. The van der Waals surface area contributed by atoms with Gasteiger partial charge in [0, 0.05) is 0 Å². The minimum atomic E-state index is 0.199. The molecule has 1 aliphatic rings. The third-order valence-corrected chi connectivity index (χ3v) is 2.53. The topological polar surface area (TPSA) is 37.1 Å². The number of benzene rings is 1. The molecule has 2 rings (SSSR count). The first kappa shape index (κ1) is 10.0. The van der Waals surface area contributed by atoms with E-state index in [1.807, 2.05) is 0 Å². The van der Waals surface area contributed by atoms with Crippen LogP contribution in [0.25, 0.3) is 0 Å². The molecule has 1 heterocycles. The van der Waals surface area contributed by atoms with Gasteiger partial charge in [0.25, 0.3) is 0 Å². The minimum absolute atomic E-state index is 0.199. The monoisotopic (exact) mass is 201 g/mol. The van der Waals surface area contributed by atoms with E-state index in [1.54, 1.807) is 0 Å². The van der Waals surface area contributed by atoms with Gasteiger partial charge in [-0.05, 0) is 21.8 Å². The molecule has 0 unspecified atom stereocenters. The van der Waals surface area contributed by atoms with E-state index in [2.05, 4.69) is 60.5 Å². The van der Waals surface area contributed by atoms with E-state index in [4.69, 9.17) is 0 Å². The number of hydrogen-bond donors (Lipinski definition) is 0. The highest BCUT2D eigenvalue weighted by Crippen LogP contribution is 2.22. The quantitative estimate of drug-likeness (QED) is 0.669. The van der Waals surface area contributed by atoms with Gasteiger partial charge in [0.1, 0.15) is 6.54 Å². The highest BCUT2D eigenvalue weighted by molar-refractivity contribution is 6.02. The molecular formula is C12H15N3. The molecule has 0 bridgehead atoms. The maximum atomic E-state index is 3.97. The number of rotatable bonds is 1. The average molecular weight is 201 g/mol. The minimum Gasteiger partial charge on any atom is -0.162 e. The Morgan fingerprint density at radius 1 is 1.07 bits per heavy atom. The standard InChI is InChI=1S/C12H15N3/c1-12(2,3)10-6-4-9(5-7-10)11-8-13-15-14-11/h4-7H,8H2,1-3H3. The highest BCUT2D eigenvalue weighted by atomic mass is 15.4. The molecule has 1 aliphatic heterocycles. The number of hydrogen-bond acceptors (Lipinski definition) is 3. The summed E-state index contributed by atoms with van der Waals surface area (Å²) in [6.45, 7) is 7.23. The summed E-state index contributed by atoms with van der Waals surface area (Å²) in [6.07, 6.45) is 0. The normalized spacial score (nSPS) is 15.5. The van der Waals surface area contributed by atoms with Crippen molar-refractivity contribution in [2.45, 2.75) is 26.2 Å². The zero-order chi connectivity index (χ0) is 10.9. The van der Waals surface area contributed by atoms with Crippen molar-refractivity contribution >= 4 is 5.71 Å². The van der Waals surface area contributed by atoms with Gasteiger partial charge in [-0.25, -0.2) is 0 Å². The van der Waals surface area contributed by atoms with Gasteiger partial charge in [-0.15, -0.1) is 5.10 Å². The molecular weight excluding hydrogens is 186 g/mol. The summed E-state index contributed by atoms with van der Waals surface area (Å²) < 4.78 is 0. The second-order valence-corrected chi connectivity index (χ2v) is 4.76. The summed E-state index contributed by atoms with van der Waals surface area (Å²) in [5, 5.41) is 11.4. The second-order valence-electron chi connectivity index (χ2n) is 4.76. The first-order valence-electron chi connectivity index (χ1n) is 5.11. The summed E-state index contributed by atoms with van der Waals surface area (Å²) in [6, 6.07) is 8.48. The molecule has 0 aliphatic carbocycles. The molecule has 0 aromatic heterocycles. The van der Waals surface area contributed by atoms with Crippen LogP contribution in [0.5, 0.6) is 0 Å². The first-order valence-corrected chi connectivity index (χ1v) is 5.11. The van der Waals surface area contributed by atoms with Gasteiger partial charge >= 0.3 is 0 Å². The lowest BCUT2D eigenvalue weighted by Gasteiger charge is -2.18. The molecule has 78 valence electrons. The summed E-state index contributed by atoms with van der Waals surface area (Å²) in [7, 11) is 0. The maximum Gasteiger partial charge on any atom is 0.107 e. The van der Waals surface area contributed by atoms with E-state index in [-0.39, 0.29) is 5.41 Å². The van der Waals surface area contributed by atoms with Gasteiger partial charge in [0.2, 0.25) is 0 Å². The SMILES string of the molecule is CC(C)(C)c1ccc(C2=NN=NC2)cc1. The van der Waals surface area contributed by atoms with E-state index >= 15 is 0 Å². The van der Waals surface area contributed by atoms with Gasteiger partial charge in [-0.3, -0.25) is 0 Å². The third kappa shape index (κ3) is 2.12. The van der Waals surface area contributed by atoms with Crippen molar-refractivity contribution in [2.24, 2.45) is 15.4 Å². The Morgan fingerprint density at radius 2 is 1.73 bits per heavy atom. The van der Waals surface area contributed by atoms with Crippen molar-refractivity contribution in [3.63, 3.8) is 0 Å². The van der Waals surface area contributed by atoms with Crippen molar-refractivity contribution in [1.82, 2.24) is 0 Å². The lowest BCUT2D eigenvalue weighted by Crippen LogP contribution is -2.11. The Morgan fingerprint density at radius 3 is 2.20 bits per heavy atom. The Kier molecular flexibility index (Phi) is 2.39. The van der Waals surface area contributed by atoms with Crippen LogP contribution in [0.2, 0.25) is 0 Å². The molecule has 0 saturated carbocycles. The van der Waals surface area contributed by atoms with Gasteiger partial charge in [0.15, 0.2) is 0 Å². The maximum absolute atomic E-state index is 3.97. The van der Waals surface area contributed by atoms with Gasteiger partial charge in [-0.1, -0.05) is 45.0 Å². The first-order chi connectivity index (χ1) is 7.07. The molecule has 1 aromatic rings. The van der Waals surface area contributed by atoms with E-state index < -0.39 is 0 Å². The summed E-state index contributed by atoms with van der Waals surface area (Å²) in [4.78, 5) is 0. The molecule has 0 radical (unpaired) electrons. The fourth-order valence-corrected chi connectivity index (χ4v) is 1.53. The average Bonchev–Trinajstić information content (AvgIpc) is 2.69. The van der Waals surface area contributed by atoms with E-state index in [0.29, 0.717) is 6.54 Å². The van der Waals surface area contributed by atoms with Crippen LogP contribution in [0.15, 0.2) is 39.7 Å². The van der Waals surface area contributed by atoms with Crippen molar-refractivity contribution in [2.75, 3.05) is 6.54 Å². The predicted molar refractivity (Wildman–Crippen MR) is 61.4 cm³/mol. The van der Waals surface area contributed by atoms with Crippen LogP contribution in [0, 0.1) is 0 Å². The molecule has 15 heavy (non-hydrogen) atoms. The molecule has 1 aromatic carbocycles. The fourth-order valence-electron chi connectivity index (χ4n) is 1.53. The van der Waals surface area contributed by atoms with Crippen molar-refractivity contribution < 1.29 is 0 Å². The smallest absolute Gasteiger partial charge is 0.107 e. The van der Waals surface area contributed by atoms with Crippen LogP contribution in [0.1, 0.15) is 31.9 Å². The predicted octanol–water partition coefficient (Wildman–Crippen LogP) is 3.15. The molecule has 0 N–H and O–H groups in total. The molecule has 0 spiro atoms. The Labute approximate surface area is 89.9 Å². The summed E-state index contributed by atoms with van der Waals surface area (Å²) in [5.41, 5.74) is 3.60. The van der Waals surface area contributed by atoms with Crippen molar-refractivity contribution in [3.05, 3.63) is 35.4 Å². The Hall–Kier alpha value is -1.51. The van der Waals surface area contributed by atoms with Crippen LogP contribution in [0.3, 0.4) is 0 Å². The molecule has 3 heteroatoms. The Bertz CT molecular complexity index is 407. The van der Waals surface area contributed by atoms with E-state index in [0.717, 1.165) is 11.3 Å². The van der Waals surface area contributed by atoms with Crippen LogP contribution in [-0.2, 0) is 5.41 Å². The van der Waals surface area contributed by atoms with Crippen molar-refractivity contribution in [3.8, 4) is 0 Å². The lowest BCUT2D eigenvalue weighted by molar-refractivity contribution is 0.590. The van der Waals surface area contributed by atoms with Gasteiger partial charge in [0.05, 0.1) is 5.71 Å². The molecule has 0 saturated heterocycles. The van der Waals surface area contributed by atoms with E-state index in [1.165, 1.54) is 5.56 Å². The highest BCUT2D eigenvalue weighted by Gasteiger charge is 2.14. The van der Waals surface area contributed by atoms with Gasteiger partial charge < -0.3 is 0 Å². The van der Waals surface area contributed by atoms with Gasteiger partial charge in [-0.2, -0.15) is 5.11 Å². The summed E-state index contributed by atoms with van der Waals surface area (Å²) >= 11 is 0. The lowest BCUT2D eigenvalue weighted by atomic mass is 9.86. The van der Waals surface area contributed by atoms with Crippen LogP contribution >= 0.6 is 0 Å². The van der Waals surface area contributed by atoms with Crippen molar-refractivity contribution in [1.29, 1.82) is 0 Å². The number of nitrogens with zero attached hydrogens (tertiary/aromatic N) is 3. The van der Waals surface area contributed by atoms with Crippen LogP contribution in [-0.4, -0.2) is 12.3 Å².